The van der Waals surface area contributed by atoms with Crippen LogP contribution in [0.5, 0.6) is 5.75 Å². The number of benzene rings is 4. The third-order valence-electron chi connectivity index (χ3n) is 5.57. The first-order valence-electron chi connectivity index (χ1n) is 10.6. The Kier molecular flexibility index (Phi) is 5.39. The molecule has 2 heteroatoms. The number of ether oxygens (including phenoxy) is 2. The third kappa shape index (κ3) is 4.03. The van der Waals surface area contributed by atoms with E-state index in [-0.39, 0.29) is 6.10 Å². The highest BCUT2D eigenvalue weighted by Crippen LogP contribution is 2.46. The van der Waals surface area contributed by atoms with Gasteiger partial charge in [-0.15, -0.1) is 0 Å². The van der Waals surface area contributed by atoms with Crippen LogP contribution in [0.2, 0.25) is 0 Å². The molecule has 1 saturated heterocycles. The molecule has 0 aromatic heterocycles. The molecule has 5 rings (SSSR count). The predicted molar refractivity (Wildman–Crippen MR) is 128 cm³/mol. The summed E-state index contributed by atoms with van der Waals surface area (Å²) in [5.74, 6) is 0.836. The lowest BCUT2D eigenvalue weighted by molar-refractivity contribution is 0.263. The minimum atomic E-state index is 0.187. The molecule has 1 heterocycles. The summed E-state index contributed by atoms with van der Waals surface area (Å²) in [4.78, 5) is 0. The maximum absolute atomic E-state index is 6.27. The molecule has 4 aromatic carbocycles. The van der Waals surface area contributed by atoms with E-state index in [0.29, 0.717) is 6.61 Å². The van der Waals surface area contributed by atoms with Crippen LogP contribution in [0.25, 0.3) is 39.5 Å². The molecular formula is C29H24O2. The highest BCUT2D eigenvalue weighted by atomic mass is 16.6. The molecule has 2 nitrogen and oxygen atoms in total. The maximum atomic E-state index is 6.27. The molecule has 0 bridgehead atoms. The highest BCUT2D eigenvalue weighted by Gasteiger charge is 2.25. The van der Waals surface area contributed by atoms with Crippen LogP contribution in [0, 0.1) is 0 Å². The smallest absolute Gasteiger partial charge is 0.127 e. The molecule has 4 aromatic rings. The lowest BCUT2D eigenvalue weighted by Gasteiger charge is -2.22. The van der Waals surface area contributed by atoms with E-state index in [1.54, 1.807) is 0 Å². The fourth-order valence-electron chi connectivity index (χ4n) is 4.00. The van der Waals surface area contributed by atoms with Crippen molar-refractivity contribution in [3.8, 4) is 39.1 Å². The minimum Gasteiger partial charge on any atom is -0.490 e. The van der Waals surface area contributed by atoms with E-state index in [4.69, 9.17) is 9.47 Å². The normalized spacial score (nSPS) is 14.8. The van der Waals surface area contributed by atoms with Crippen molar-refractivity contribution >= 4 is 6.08 Å². The molecule has 0 aliphatic carbocycles. The molecule has 0 spiro atoms. The average molecular weight is 405 g/mol. The second-order valence-electron chi connectivity index (χ2n) is 7.65. The van der Waals surface area contributed by atoms with Gasteiger partial charge < -0.3 is 9.47 Å². The summed E-state index contributed by atoms with van der Waals surface area (Å²) >= 11 is 0. The monoisotopic (exact) mass is 404 g/mol. The maximum Gasteiger partial charge on any atom is 0.127 e. The summed E-state index contributed by atoms with van der Waals surface area (Å²) in [5, 5.41) is 0. The van der Waals surface area contributed by atoms with Crippen molar-refractivity contribution in [3.05, 3.63) is 109 Å². The Labute approximate surface area is 183 Å². The number of epoxide rings is 1. The van der Waals surface area contributed by atoms with Crippen LogP contribution in [0.4, 0.5) is 0 Å². The Balaban J connectivity index is 1.84. The van der Waals surface area contributed by atoms with Gasteiger partial charge in [0.25, 0.3) is 0 Å². The molecule has 1 aliphatic rings. The Bertz CT molecular complexity index is 1180. The Morgan fingerprint density at radius 1 is 0.774 bits per heavy atom. The van der Waals surface area contributed by atoms with Crippen LogP contribution in [0.1, 0.15) is 5.56 Å². The van der Waals surface area contributed by atoms with Crippen LogP contribution >= 0.6 is 0 Å². The van der Waals surface area contributed by atoms with E-state index in [0.717, 1.165) is 40.2 Å². The van der Waals surface area contributed by atoms with Crippen LogP contribution in [-0.2, 0) is 4.74 Å². The molecule has 1 fully saturated rings. The van der Waals surface area contributed by atoms with Gasteiger partial charge in [-0.25, -0.2) is 0 Å². The van der Waals surface area contributed by atoms with Crippen molar-refractivity contribution in [2.75, 3.05) is 13.2 Å². The van der Waals surface area contributed by atoms with Gasteiger partial charge >= 0.3 is 0 Å². The van der Waals surface area contributed by atoms with Gasteiger partial charge in [-0.1, -0.05) is 104 Å². The first kappa shape index (κ1) is 19.3. The number of hydrogen-bond acceptors (Lipinski definition) is 2. The van der Waals surface area contributed by atoms with Gasteiger partial charge in [0, 0.05) is 11.1 Å². The van der Waals surface area contributed by atoms with Crippen molar-refractivity contribution in [1.82, 2.24) is 0 Å². The molecule has 152 valence electrons. The average Bonchev–Trinajstić information content (AvgIpc) is 3.68. The van der Waals surface area contributed by atoms with Crippen molar-refractivity contribution in [3.63, 3.8) is 0 Å². The summed E-state index contributed by atoms with van der Waals surface area (Å²) in [6, 6.07) is 33.7. The molecule has 0 saturated carbocycles. The van der Waals surface area contributed by atoms with Crippen LogP contribution in [-0.4, -0.2) is 19.3 Å². The number of hydrogen-bond donors (Lipinski definition) is 0. The molecular weight excluding hydrogens is 380 g/mol. The van der Waals surface area contributed by atoms with E-state index in [2.05, 4.69) is 91.5 Å². The van der Waals surface area contributed by atoms with E-state index in [1.807, 2.05) is 18.2 Å². The fraction of sp³-hybridized carbons (Fsp3) is 0.103. The van der Waals surface area contributed by atoms with Gasteiger partial charge in [0.2, 0.25) is 0 Å². The van der Waals surface area contributed by atoms with Gasteiger partial charge in [0.1, 0.15) is 18.5 Å². The molecule has 0 amide bonds. The lowest BCUT2D eigenvalue weighted by Crippen LogP contribution is -2.06. The van der Waals surface area contributed by atoms with Gasteiger partial charge in [-0.3, -0.25) is 0 Å². The quantitative estimate of drug-likeness (QED) is 0.306. The van der Waals surface area contributed by atoms with Crippen LogP contribution in [0.15, 0.2) is 104 Å². The third-order valence-corrected chi connectivity index (χ3v) is 5.57. The molecule has 31 heavy (non-hydrogen) atoms. The second-order valence-corrected chi connectivity index (χ2v) is 7.65. The summed E-state index contributed by atoms with van der Waals surface area (Å²) < 4.78 is 11.6. The van der Waals surface area contributed by atoms with Gasteiger partial charge in [0.15, 0.2) is 0 Å². The van der Waals surface area contributed by atoms with E-state index < -0.39 is 0 Å². The van der Waals surface area contributed by atoms with Crippen molar-refractivity contribution in [2.45, 2.75) is 6.10 Å². The summed E-state index contributed by atoms with van der Waals surface area (Å²) in [5.41, 5.74) is 7.93. The van der Waals surface area contributed by atoms with Crippen LogP contribution in [0.3, 0.4) is 0 Å². The first-order chi connectivity index (χ1) is 15.3. The Morgan fingerprint density at radius 3 is 1.81 bits per heavy atom. The predicted octanol–water partition coefficient (Wildman–Crippen LogP) is 7.11. The molecule has 1 unspecified atom stereocenters. The second kappa shape index (κ2) is 8.63. The van der Waals surface area contributed by atoms with Gasteiger partial charge in [-0.05, 0) is 33.9 Å². The molecule has 0 N–H and O–H groups in total. The summed E-state index contributed by atoms with van der Waals surface area (Å²) in [7, 11) is 0. The first-order valence-corrected chi connectivity index (χ1v) is 10.6. The molecule has 1 aliphatic heterocycles. The largest absolute Gasteiger partial charge is 0.490 e. The number of rotatable bonds is 7. The highest BCUT2D eigenvalue weighted by molar-refractivity contribution is 5.99. The van der Waals surface area contributed by atoms with Gasteiger partial charge in [0.05, 0.1) is 6.61 Å². The topological polar surface area (TPSA) is 21.8 Å². The molecule has 1 atom stereocenters. The zero-order valence-electron chi connectivity index (χ0n) is 17.3. The fourth-order valence-corrected chi connectivity index (χ4v) is 4.00. The summed E-state index contributed by atoms with van der Waals surface area (Å²) in [6.45, 7) is 5.46. The Morgan fingerprint density at radius 2 is 1.29 bits per heavy atom. The van der Waals surface area contributed by atoms with Crippen molar-refractivity contribution in [1.29, 1.82) is 0 Å². The van der Waals surface area contributed by atoms with E-state index in [1.165, 1.54) is 11.1 Å². The zero-order valence-corrected chi connectivity index (χ0v) is 17.3. The minimum absolute atomic E-state index is 0.187. The zero-order chi connectivity index (χ0) is 21.0. The van der Waals surface area contributed by atoms with Crippen molar-refractivity contribution in [2.24, 2.45) is 0 Å². The van der Waals surface area contributed by atoms with Gasteiger partial charge in [-0.2, -0.15) is 0 Å². The van der Waals surface area contributed by atoms with E-state index >= 15 is 0 Å². The lowest BCUT2D eigenvalue weighted by atomic mass is 9.84. The molecule has 0 radical (unpaired) electrons. The standard InChI is InChI=1S/C29H24O2/c1-2-25-27(31-20-24-19-30-24)18-26(21-12-6-3-7-13-21)29(23-16-10-5-11-17-23)28(25)22-14-8-4-9-15-22/h2-18,24H,1,19-20H2. The van der Waals surface area contributed by atoms with Crippen molar-refractivity contribution < 1.29 is 9.47 Å². The SMILES string of the molecule is C=Cc1c(OCC2CO2)cc(-c2ccccc2)c(-c2ccccc2)c1-c1ccccc1. The summed E-state index contributed by atoms with van der Waals surface area (Å²) in [6.07, 6.45) is 2.10. The van der Waals surface area contributed by atoms with Crippen LogP contribution < -0.4 is 4.74 Å². The Hall–Kier alpha value is -3.62. The van der Waals surface area contributed by atoms with E-state index in [9.17, 15) is 0 Å².